The van der Waals surface area contributed by atoms with Crippen LogP contribution in [-0.4, -0.2) is 48.1 Å². The van der Waals surface area contributed by atoms with Crippen LogP contribution in [0.2, 0.25) is 0 Å². The van der Waals surface area contributed by atoms with Crippen molar-refractivity contribution in [1.82, 2.24) is 15.5 Å². The molecule has 0 spiro atoms. The van der Waals surface area contributed by atoms with Crippen LogP contribution in [0.4, 0.5) is 0 Å². The molecule has 0 unspecified atom stereocenters. The summed E-state index contributed by atoms with van der Waals surface area (Å²) in [6, 6.07) is 1.23. The predicted molar refractivity (Wildman–Crippen MR) is 73.5 cm³/mol. The molecule has 4 nitrogen and oxygen atoms in total. The smallest absolute Gasteiger partial charge is 0.239 e. The Hall–Kier alpha value is -0.610. The maximum atomic E-state index is 12.2. The van der Waals surface area contributed by atoms with Crippen molar-refractivity contribution in [2.24, 2.45) is 0 Å². The van der Waals surface area contributed by atoms with Crippen LogP contribution >= 0.6 is 0 Å². The normalized spacial score (nSPS) is 23.1. The fourth-order valence-electron chi connectivity index (χ4n) is 2.74. The summed E-state index contributed by atoms with van der Waals surface area (Å²) >= 11 is 0. The molecule has 4 heteroatoms. The summed E-state index contributed by atoms with van der Waals surface area (Å²) in [5.41, 5.74) is -0.456. The molecular formula is C14H27N3O. The van der Waals surface area contributed by atoms with Gasteiger partial charge in [-0.3, -0.25) is 4.79 Å². The Morgan fingerprint density at radius 1 is 1.22 bits per heavy atom. The van der Waals surface area contributed by atoms with Crippen LogP contribution in [0.15, 0.2) is 0 Å². The summed E-state index contributed by atoms with van der Waals surface area (Å²) in [7, 11) is 0. The van der Waals surface area contributed by atoms with E-state index in [-0.39, 0.29) is 5.91 Å². The van der Waals surface area contributed by atoms with Crippen molar-refractivity contribution in [2.75, 3.05) is 19.6 Å². The molecule has 1 saturated carbocycles. The molecule has 2 rings (SSSR count). The molecule has 0 aromatic rings. The molecule has 104 valence electrons. The number of nitrogens with zero attached hydrogens (tertiary/aromatic N) is 1. The van der Waals surface area contributed by atoms with Gasteiger partial charge < -0.3 is 15.5 Å². The van der Waals surface area contributed by atoms with E-state index in [2.05, 4.69) is 15.5 Å². The fraction of sp³-hybridized carbons (Fsp3) is 0.929. The first kappa shape index (κ1) is 13.8. The van der Waals surface area contributed by atoms with Crippen LogP contribution in [-0.2, 0) is 4.79 Å². The Balaban J connectivity index is 1.74. The van der Waals surface area contributed by atoms with E-state index in [9.17, 15) is 4.79 Å². The molecule has 2 fully saturated rings. The lowest BCUT2D eigenvalue weighted by molar-refractivity contribution is -0.127. The molecule has 0 aromatic carbocycles. The third-order valence-electron chi connectivity index (χ3n) is 4.11. The first-order valence-electron chi connectivity index (χ1n) is 7.33. The standard InChI is InChI=1S/C14H27N3O/c1-4-15-14(2,3)13(18)16-11-7-9-17(10-8-11)12-5-6-12/h11-12,15H,4-10H2,1-3H3,(H,16,18). The third-order valence-corrected chi connectivity index (χ3v) is 4.11. The van der Waals surface area contributed by atoms with Gasteiger partial charge in [-0.1, -0.05) is 6.92 Å². The molecule has 1 aliphatic heterocycles. The summed E-state index contributed by atoms with van der Waals surface area (Å²) in [5, 5.41) is 6.42. The Morgan fingerprint density at radius 2 is 1.83 bits per heavy atom. The van der Waals surface area contributed by atoms with E-state index in [1.54, 1.807) is 0 Å². The highest BCUT2D eigenvalue weighted by Crippen LogP contribution is 2.29. The number of nitrogens with one attached hydrogen (secondary N) is 2. The predicted octanol–water partition coefficient (Wildman–Crippen LogP) is 1.12. The summed E-state index contributed by atoms with van der Waals surface area (Å²) < 4.78 is 0. The van der Waals surface area contributed by atoms with E-state index in [4.69, 9.17) is 0 Å². The van der Waals surface area contributed by atoms with Crippen LogP contribution in [0.3, 0.4) is 0 Å². The highest BCUT2D eigenvalue weighted by atomic mass is 16.2. The van der Waals surface area contributed by atoms with Crippen molar-refractivity contribution in [3.8, 4) is 0 Å². The Bertz CT molecular complexity index is 291. The van der Waals surface area contributed by atoms with Gasteiger partial charge in [-0.05, 0) is 46.1 Å². The van der Waals surface area contributed by atoms with Crippen molar-refractivity contribution in [2.45, 2.75) is 64.1 Å². The molecule has 0 atom stereocenters. The second-order valence-electron chi connectivity index (χ2n) is 6.17. The molecule has 1 saturated heterocycles. The molecule has 1 amide bonds. The van der Waals surface area contributed by atoms with E-state index in [1.165, 1.54) is 12.8 Å². The lowest BCUT2D eigenvalue weighted by Crippen LogP contribution is -2.56. The lowest BCUT2D eigenvalue weighted by Gasteiger charge is -2.34. The largest absolute Gasteiger partial charge is 0.352 e. The quantitative estimate of drug-likeness (QED) is 0.771. The lowest BCUT2D eigenvalue weighted by atomic mass is 10.0. The van der Waals surface area contributed by atoms with Crippen molar-refractivity contribution in [3.05, 3.63) is 0 Å². The van der Waals surface area contributed by atoms with Crippen molar-refractivity contribution in [1.29, 1.82) is 0 Å². The van der Waals surface area contributed by atoms with Gasteiger partial charge in [0, 0.05) is 25.2 Å². The minimum absolute atomic E-state index is 0.134. The van der Waals surface area contributed by atoms with Gasteiger partial charge in [-0.15, -0.1) is 0 Å². The monoisotopic (exact) mass is 253 g/mol. The van der Waals surface area contributed by atoms with Gasteiger partial charge in [0.2, 0.25) is 5.91 Å². The first-order chi connectivity index (χ1) is 8.53. The van der Waals surface area contributed by atoms with Gasteiger partial charge in [0.25, 0.3) is 0 Å². The van der Waals surface area contributed by atoms with Gasteiger partial charge >= 0.3 is 0 Å². The molecule has 18 heavy (non-hydrogen) atoms. The number of carbonyl (C=O) groups is 1. The first-order valence-corrected chi connectivity index (χ1v) is 7.33. The number of rotatable bonds is 5. The molecule has 1 heterocycles. The van der Waals surface area contributed by atoms with Crippen LogP contribution < -0.4 is 10.6 Å². The minimum Gasteiger partial charge on any atom is -0.352 e. The molecule has 0 bridgehead atoms. The zero-order valence-electron chi connectivity index (χ0n) is 12.0. The number of amides is 1. The second kappa shape index (κ2) is 5.57. The van der Waals surface area contributed by atoms with Crippen LogP contribution in [0, 0.1) is 0 Å². The van der Waals surface area contributed by atoms with Gasteiger partial charge in [0.05, 0.1) is 5.54 Å². The highest BCUT2D eigenvalue weighted by molar-refractivity contribution is 5.85. The number of likely N-dealkylation sites (N-methyl/N-ethyl adjacent to an activating group) is 1. The van der Waals surface area contributed by atoms with Gasteiger partial charge in [-0.2, -0.15) is 0 Å². The summed E-state index contributed by atoms with van der Waals surface area (Å²) in [5.74, 6) is 0.134. The van der Waals surface area contributed by atoms with Crippen LogP contribution in [0.25, 0.3) is 0 Å². The molecule has 0 radical (unpaired) electrons. The number of hydrogen-bond acceptors (Lipinski definition) is 3. The summed E-state index contributed by atoms with van der Waals surface area (Å²) in [4.78, 5) is 14.7. The summed E-state index contributed by atoms with van der Waals surface area (Å²) in [6.07, 6.45) is 4.96. The number of carbonyl (C=O) groups excluding carboxylic acids is 1. The minimum atomic E-state index is -0.456. The van der Waals surface area contributed by atoms with Crippen LogP contribution in [0.1, 0.15) is 46.5 Å². The van der Waals surface area contributed by atoms with E-state index in [0.29, 0.717) is 6.04 Å². The number of likely N-dealkylation sites (tertiary alicyclic amines) is 1. The zero-order valence-corrected chi connectivity index (χ0v) is 12.0. The van der Waals surface area contributed by atoms with Crippen molar-refractivity contribution in [3.63, 3.8) is 0 Å². The van der Waals surface area contributed by atoms with Crippen LogP contribution in [0.5, 0.6) is 0 Å². The molecular weight excluding hydrogens is 226 g/mol. The third kappa shape index (κ3) is 3.45. The number of hydrogen-bond donors (Lipinski definition) is 2. The van der Waals surface area contributed by atoms with E-state index >= 15 is 0 Å². The Morgan fingerprint density at radius 3 is 2.33 bits per heavy atom. The molecule has 2 N–H and O–H groups in total. The van der Waals surface area contributed by atoms with Gasteiger partial charge in [-0.25, -0.2) is 0 Å². The zero-order chi connectivity index (χ0) is 13.2. The average Bonchev–Trinajstić information content (AvgIpc) is 3.14. The van der Waals surface area contributed by atoms with E-state index in [1.807, 2.05) is 20.8 Å². The van der Waals surface area contributed by atoms with E-state index < -0.39 is 5.54 Å². The molecule has 1 aliphatic carbocycles. The Kier molecular flexibility index (Phi) is 4.28. The Labute approximate surface area is 110 Å². The topological polar surface area (TPSA) is 44.4 Å². The fourth-order valence-corrected chi connectivity index (χ4v) is 2.74. The maximum Gasteiger partial charge on any atom is 0.239 e. The average molecular weight is 253 g/mol. The van der Waals surface area contributed by atoms with Gasteiger partial charge in [0.1, 0.15) is 0 Å². The second-order valence-corrected chi connectivity index (χ2v) is 6.17. The maximum absolute atomic E-state index is 12.2. The summed E-state index contributed by atoms with van der Waals surface area (Å²) in [6.45, 7) is 9.05. The SMILES string of the molecule is CCNC(C)(C)C(=O)NC1CCN(C2CC2)CC1. The highest BCUT2D eigenvalue weighted by Gasteiger charge is 2.33. The molecule has 2 aliphatic rings. The van der Waals surface area contributed by atoms with Crippen molar-refractivity contribution >= 4 is 5.91 Å². The number of piperidine rings is 1. The molecule has 0 aromatic heterocycles. The van der Waals surface area contributed by atoms with E-state index in [0.717, 1.165) is 38.5 Å². The van der Waals surface area contributed by atoms with Gasteiger partial charge in [0.15, 0.2) is 0 Å². The van der Waals surface area contributed by atoms with Crippen molar-refractivity contribution < 1.29 is 4.79 Å².